The first-order chi connectivity index (χ1) is 14.0. The van der Waals surface area contributed by atoms with Gasteiger partial charge in [-0.25, -0.2) is 0 Å². The van der Waals surface area contributed by atoms with Crippen LogP contribution in [-0.2, 0) is 17.5 Å². The number of halogens is 6. The maximum absolute atomic E-state index is 12.9. The maximum atomic E-state index is 12.9. The van der Waals surface area contributed by atoms with Gasteiger partial charge in [0.1, 0.15) is 6.04 Å². The molecule has 0 aliphatic heterocycles. The average Bonchev–Trinajstić information content (AvgIpc) is 3.20. The summed E-state index contributed by atoms with van der Waals surface area (Å²) in [5.74, 6) is -0.330. The topological polar surface area (TPSA) is 64.7 Å². The number of alkyl halides is 3. The van der Waals surface area contributed by atoms with Gasteiger partial charge in [0.2, 0.25) is 5.91 Å². The van der Waals surface area contributed by atoms with Gasteiger partial charge in [-0.05, 0) is 53.5 Å². The maximum Gasteiger partial charge on any atom is 0.435 e. The number of carbonyl (C=O) groups excluding carboxylic acids is 1. The Bertz CT molecular complexity index is 1100. The fourth-order valence-corrected chi connectivity index (χ4v) is 3.47. The highest BCUT2D eigenvalue weighted by atomic mass is 79.9. The van der Waals surface area contributed by atoms with Crippen molar-refractivity contribution in [2.24, 2.45) is 0 Å². The molecule has 1 aromatic carbocycles. The van der Waals surface area contributed by atoms with Crippen molar-refractivity contribution in [2.75, 3.05) is 5.32 Å². The summed E-state index contributed by atoms with van der Waals surface area (Å²) in [5, 5.41) is 11.3. The zero-order valence-corrected chi connectivity index (χ0v) is 18.7. The number of rotatable bonds is 5. The predicted octanol–water partition coefficient (Wildman–Crippen LogP) is 5.72. The van der Waals surface area contributed by atoms with Crippen LogP contribution in [0.25, 0.3) is 0 Å². The van der Waals surface area contributed by atoms with Gasteiger partial charge < -0.3 is 5.32 Å². The van der Waals surface area contributed by atoms with Crippen molar-refractivity contribution in [1.29, 1.82) is 0 Å². The van der Waals surface area contributed by atoms with Gasteiger partial charge in [-0.15, -0.1) is 0 Å². The number of hydrogen-bond donors (Lipinski definition) is 1. The molecule has 1 amide bonds. The van der Waals surface area contributed by atoms with Gasteiger partial charge >= 0.3 is 6.18 Å². The van der Waals surface area contributed by atoms with Crippen LogP contribution < -0.4 is 5.32 Å². The summed E-state index contributed by atoms with van der Waals surface area (Å²) in [5.41, 5.74) is 0.0124. The third-order valence-corrected chi connectivity index (χ3v) is 5.57. The predicted molar refractivity (Wildman–Crippen MR) is 111 cm³/mol. The third-order valence-electron chi connectivity index (χ3n) is 4.25. The standard InChI is InChI=1S/C18H15BrCl2F3N5O/c1-9-5-15(18(22,23)24)26-29(9)10(2)17(30)25-16-12(19)8-28(27-16)7-11-3-4-13(20)14(21)6-11/h3-6,8,10H,7H2,1-2H3,(H,25,27,30). The number of nitrogens with one attached hydrogen (secondary N) is 1. The molecular weight excluding hydrogens is 510 g/mol. The number of anilines is 1. The van der Waals surface area contributed by atoms with Crippen molar-refractivity contribution in [2.45, 2.75) is 32.6 Å². The van der Waals surface area contributed by atoms with E-state index in [2.05, 4.69) is 31.4 Å². The molecule has 3 aromatic rings. The average molecular weight is 525 g/mol. The van der Waals surface area contributed by atoms with Crippen LogP contribution in [0.2, 0.25) is 10.0 Å². The Hall–Kier alpha value is -2.04. The number of benzene rings is 1. The molecule has 0 fully saturated rings. The number of nitrogens with zero attached hydrogens (tertiary/aromatic N) is 4. The molecule has 1 N–H and O–H groups in total. The molecule has 0 bridgehead atoms. The summed E-state index contributed by atoms with van der Waals surface area (Å²) in [6.07, 6.45) is -2.93. The summed E-state index contributed by atoms with van der Waals surface area (Å²) in [7, 11) is 0. The molecule has 2 heterocycles. The molecule has 1 unspecified atom stereocenters. The molecule has 30 heavy (non-hydrogen) atoms. The normalized spacial score (nSPS) is 12.8. The van der Waals surface area contributed by atoms with Crippen LogP contribution in [0.15, 0.2) is 34.9 Å². The summed E-state index contributed by atoms with van der Waals surface area (Å²) in [6.45, 7) is 3.28. The Labute approximate surface area is 188 Å². The second-order valence-electron chi connectivity index (χ2n) is 6.55. The van der Waals surface area contributed by atoms with Crippen molar-refractivity contribution in [3.8, 4) is 0 Å². The quantitative estimate of drug-likeness (QED) is 0.464. The van der Waals surface area contributed by atoms with Gasteiger partial charge in [0.15, 0.2) is 11.5 Å². The fourth-order valence-electron chi connectivity index (χ4n) is 2.74. The monoisotopic (exact) mass is 523 g/mol. The summed E-state index contributed by atoms with van der Waals surface area (Å²) in [6, 6.07) is 5.09. The molecule has 3 rings (SSSR count). The molecule has 160 valence electrons. The smallest absolute Gasteiger partial charge is 0.306 e. The Kier molecular flexibility index (Phi) is 6.49. The van der Waals surface area contributed by atoms with Gasteiger partial charge in [-0.3, -0.25) is 14.2 Å². The molecule has 6 nitrogen and oxygen atoms in total. The van der Waals surface area contributed by atoms with Gasteiger partial charge in [-0.1, -0.05) is 29.3 Å². The highest BCUT2D eigenvalue weighted by molar-refractivity contribution is 9.10. The van der Waals surface area contributed by atoms with Crippen molar-refractivity contribution in [3.05, 3.63) is 61.9 Å². The van der Waals surface area contributed by atoms with E-state index in [0.29, 0.717) is 21.1 Å². The SMILES string of the molecule is Cc1cc(C(F)(F)F)nn1C(C)C(=O)Nc1nn(Cc2ccc(Cl)c(Cl)c2)cc1Br. The Morgan fingerprint density at radius 3 is 2.53 bits per heavy atom. The van der Waals surface area contributed by atoms with E-state index in [9.17, 15) is 18.0 Å². The molecule has 0 aliphatic rings. The van der Waals surface area contributed by atoms with Crippen LogP contribution in [-0.4, -0.2) is 25.5 Å². The van der Waals surface area contributed by atoms with Crippen LogP contribution >= 0.6 is 39.1 Å². The minimum atomic E-state index is -4.58. The third kappa shape index (κ3) is 4.98. The molecule has 1 atom stereocenters. The fraction of sp³-hybridized carbons (Fsp3) is 0.278. The lowest BCUT2D eigenvalue weighted by molar-refractivity contribution is -0.141. The second kappa shape index (κ2) is 8.60. The van der Waals surface area contributed by atoms with Crippen LogP contribution in [0, 0.1) is 6.92 Å². The first kappa shape index (κ1) is 22.6. The van der Waals surface area contributed by atoms with Crippen LogP contribution in [0.5, 0.6) is 0 Å². The lowest BCUT2D eigenvalue weighted by atomic mass is 10.2. The summed E-state index contributed by atoms with van der Waals surface area (Å²) >= 11 is 15.2. The number of carbonyl (C=O) groups is 1. The largest absolute Gasteiger partial charge is 0.435 e. The van der Waals surface area contributed by atoms with Crippen molar-refractivity contribution >= 4 is 50.9 Å². The van der Waals surface area contributed by atoms with Crippen molar-refractivity contribution < 1.29 is 18.0 Å². The number of amides is 1. The molecule has 2 aromatic heterocycles. The minimum Gasteiger partial charge on any atom is -0.306 e. The van der Waals surface area contributed by atoms with Crippen LogP contribution in [0.4, 0.5) is 19.0 Å². The van der Waals surface area contributed by atoms with E-state index in [1.54, 1.807) is 29.1 Å². The van der Waals surface area contributed by atoms with Gasteiger partial charge in [0.05, 0.1) is 21.1 Å². The van der Waals surface area contributed by atoms with Crippen LogP contribution in [0.3, 0.4) is 0 Å². The van der Waals surface area contributed by atoms with Gasteiger partial charge in [0.25, 0.3) is 0 Å². The van der Waals surface area contributed by atoms with E-state index in [0.717, 1.165) is 16.3 Å². The van der Waals surface area contributed by atoms with Crippen LogP contribution in [0.1, 0.15) is 29.9 Å². The molecule has 12 heteroatoms. The highest BCUT2D eigenvalue weighted by Gasteiger charge is 2.35. The lowest BCUT2D eigenvalue weighted by Gasteiger charge is -2.13. The van der Waals surface area contributed by atoms with E-state index >= 15 is 0 Å². The van der Waals surface area contributed by atoms with Gasteiger partial charge in [0, 0.05) is 11.9 Å². The first-order valence-corrected chi connectivity index (χ1v) is 10.1. The molecule has 0 aliphatic carbocycles. The zero-order valence-electron chi connectivity index (χ0n) is 15.6. The Balaban J connectivity index is 1.74. The molecule has 0 saturated carbocycles. The van der Waals surface area contributed by atoms with E-state index in [1.807, 2.05) is 0 Å². The molecule has 0 spiro atoms. The van der Waals surface area contributed by atoms with E-state index in [4.69, 9.17) is 23.2 Å². The number of hydrogen-bond acceptors (Lipinski definition) is 3. The molecular formula is C18H15BrCl2F3N5O. The minimum absolute atomic E-state index is 0.217. The van der Waals surface area contributed by atoms with Crippen molar-refractivity contribution in [1.82, 2.24) is 19.6 Å². The highest BCUT2D eigenvalue weighted by Crippen LogP contribution is 2.30. The lowest BCUT2D eigenvalue weighted by Crippen LogP contribution is -2.26. The summed E-state index contributed by atoms with van der Waals surface area (Å²) < 4.78 is 41.7. The van der Waals surface area contributed by atoms with E-state index in [-0.39, 0.29) is 11.5 Å². The second-order valence-corrected chi connectivity index (χ2v) is 8.22. The zero-order chi connectivity index (χ0) is 22.2. The molecule has 0 radical (unpaired) electrons. The Morgan fingerprint density at radius 1 is 1.23 bits per heavy atom. The van der Waals surface area contributed by atoms with E-state index in [1.165, 1.54) is 13.8 Å². The summed E-state index contributed by atoms with van der Waals surface area (Å²) in [4.78, 5) is 12.6. The van der Waals surface area contributed by atoms with E-state index < -0.39 is 23.8 Å². The van der Waals surface area contributed by atoms with Crippen molar-refractivity contribution in [3.63, 3.8) is 0 Å². The number of aromatic nitrogens is 4. The van der Waals surface area contributed by atoms with Gasteiger partial charge in [-0.2, -0.15) is 23.4 Å². The Morgan fingerprint density at radius 2 is 1.93 bits per heavy atom. The molecule has 0 saturated heterocycles. The number of aryl methyl sites for hydroxylation is 1. The first-order valence-electron chi connectivity index (χ1n) is 8.57.